The fraction of sp³-hybridized carbons (Fsp3) is 0.611. The van der Waals surface area contributed by atoms with Crippen LogP contribution in [0.25, 0.3) is 0 Å². The number of carbonyl (C=O) groups excluding carboxylic acids is 1. The number of halogens is 1. The minimum Gasteiger partial charge on any atom is -0.444 e. The van der Waals surface area contributed by atoms with E-state index in [0.717, 1.165) is 17.5 Å². The highest BCUT2D eigenvalue weighted by Gasteiger charge is 2.38. The van der Waals surface area contributed by atoms with Crippen LogP contribution >= 0.6 is 0 Å². The number of aryl methyl sites for hydroxylation is 1. The molecule has 0 bridgehead atoms. The quantitative estimate of drug-likeness (QED) is 0.842. The second kappa shape index (κ2) is 6.48. The van der Waals surface area contributed by atoms with Crippen LogP contribution in [0.15, 0.2) is 18.2 Å². The molecule has 0 spiro atoms. The molecule has 0 radical (unpaired) electrons. The van der Waals surface area contributed by atoms with Crippen LogP contribution < -0.4 is 0 Å². The SMILES string of the molecule is Cc1cc(F)ccc1COC1(C)CCN(C(=O)OC(C)(C)C)C1. The smallest absolute Gasteiger partial charge is 0.410 e. The Morgan fingerprint density at radius 2 is 2.09 bits per heavy atom. The van der Waals surface area contributed by atoms with Crippen LogP contribution in [0.2, 0.25) is 0 Å². The number of carbonyl (C=O) groups is 1. The summed E-state index contributed by atoms with van der Waals surface area (Å²) in [5.74, 6) is -0.241. The molecule has 23 heavy (non-hydrogen) atoms. The van der Waals surface area contributed by atoms with Crippen molar-refractivity contribution in [3.63, 3.8) is 0 Å². The van der Waals surface area contributed by atoms with Gasteiger partial charge in [0.2, 0.25) is 0 Å². The van der Waals surface area contributed by atoms with Crippen molar-refractivity contribution in [2.24, 2.45) is 0 Å². The van der Waals surface area contributed by atoms with E-state index >= 15 is 0 Å². The Morgan fingerprint density at radius 3 is 2.70 bits per heavy atom. The Bertz CT molecular complexity index is 582. The molecule has 2 rings (SSSR count). The normalized spacial score (nSPS) is 21.6. The summed E-state index contributed by atoms with van der Waals surface area (Å²) in [5, 5.41) is 0. The van der Waals surface area contributed by atoms with Gasteiger partial charge in [-0.1, -0.05) is 6.07 Å². The van der Waals surface area contributed by atoms with Crippen molar-refractivity contribution in [3.05, 3.63) is 35.1 Å². The van der Waals surface area contributed by atoms with E-state index in [1.54, 1.807) is 11.0 Å². The highest BCUT2D eigenvalue weighted by atomic mass is 19.1. The summed E-state index contributed by atoms with van der Waals surface area (Å²) in [7, 11) is 0. The van der Waals surface area contributed by atoms with Crippen LogP contribution in [0, 0.1) is 12.7 Å². The minimum absolute atomic E-state index is 0.241. The Labute approximate surface area is 137 Å². The highest BCUT2D eigenvalue weighted by molar-refractivity contribution is 5.68. The lowest BCUT2D eigenvalue weighted by Crippen LogP contribution is -2.39. The van der Waals surface area contributed by atoms with Crippen LogP contribution in [0.5, 0.6) is 0 Å². The Balaban J connectivity index is 1.92. The van der Waals surface area contributed by atoms with Crippen LogP contribution in [0.3, 0.4) is 0 Å². The molecule has 0 aromatic heterocycles. The van der Waals surface area contributed by atoms with Gasteiger partial charge in [-0.25, -0.2) is 9.18 Å². The van der Waals surface area contributed by atoms with Crippen molar-refractivity contribution in [2.45, 2.75) is 58.8 Å². The van der Waals surface area contributed by atoms with Gasteiger partial charge in [0.25, 0.3) is 0 Å². The molecule has 5 heteroatoms. The monoisotopic (exact) mass is 323 g/mol. The molecule has 0 aliphatic carbocycles. The number of ether oxygens (including phenoxy) is 2. The lowest BCUT2D eigenvalue weighted by Gasteiger charge is -2.27. The Morgan fingerprint density at radius 1 is 1.39 bits per heavy atom. The maximum Gasteiger partial charge on any atom is 0.410 e. The number of amides is 1. The van der Waals surface area contributed by atoms with Crippen LogP contribution in [0.1, 0.15) is 45.2 Å². The summed E-state index contributed by atoms with van der Waals surface area (Å²) in [6.45, 7) is 11.0. The van der Waals surface area contributed by atoms with Crippen molar-refractivity contribution in [2.75, 3.05) is 13.1 Å². The highest BCUT2D eigenvalue weighted by Crippen LogP contribution is 2.28. The molecule has 1 aliphatic rings. The molecule has 1 unspecified atom stereocenters. The first-order valence-electron chi connectivity index (χ1n) is 7.95. The van der Waals surface area contributed by atoms with Gasteiger partial charge in [-0.3, -0.25) is 0 Å². The second-order valence-corrected chi connectivity index (χ2v) is 7.46. The van der Waals surface area contributed by atoms with Crippen LogP contribution in [-0.4, -0.2) is 35.3 Å². The molecule has 1 fully saturated rings. The third-order valence-electron chi connectivity index (χ3n) is 3.97. The van der Waals surface area contributed by atoms with Crippen molar-refractivity contribution >= 4 is 6.09 Å². The molecule has 1 aliphatic heterocycles. The van der Waals surface area contributed by atoms with Crippen molar-refractivity contribution in [1.29, 1.82) is 0 Å². The summed E-state index contributed by atoms with van der Waals surface area (Å²) in [4.78, 5) is 13.8. The Hall–Kier alpha value is -1.62. The molecule has 4 nitrogen and oxygen atoms in total. The van der Waals surface area contributed by atoms with E-state index in [1.165, 1.54) is 12.1 Å². The van der Waals surface area contributed by atoms with Gasteiger partial charge >= 0.3 is 6.09 Å². The van der Waals surface area contributed by atoms with Crippen LogP contribution in [-0.2, 0) is 16.1 Å². The van der Waals surface area contributed by atoms with Crippen LogP contribution in [0.4, 0.5) is 9.18 Å². The topological polar surface area (TPSA) is 38.8 Å². The maximum absolute atomic E-state index is 13.1. The van der Waals surface area contributed by atoms with Gasteiger partial charge in [0.05, 0.1) is 18.8 Å². The molecule has 1 heterocycles. The van der Waals surface area contributed by atoms with E-state index in [0.29, 0.717) is 19.7 Å². The number of benzene rings is 1. The second-order valence-electron chi connectivity index (χ2n) is 7.46. The molecule has 1 atom stereocenters. The van der Waals surface area contributed by atoms with Crippen molar-refractivity contribution in [1.82, 2.24) is 4.90 Å². The van der Waals surface area contributed by atoms with Gasteiger partial charge in [0.1, 0.15) is 11.4 Å². The first kappa shape index (κ1) is 17.7. The summed E-state index contributed by atoms with van der Waals surface area (Å²) in [6, 6.07) is 4.69. The third-order valence-corrected chi connectivity index (χ3v) is 3.97. The molecule has 1 saturated heterocycles. The molecule has 1 aromatic rings. The molecule has 1 amide bonds. The summed E-state index contributed by atoms with van der Waals surface area (Å²) >= 11 is 0. The van der Waals surface area contributed by atoms with Crippen molar-refractivity contribution in [3.8, 4) is 0 Å². The first-order valence-corrected chi connectivity index (χ1v) is 7.95. The maximum atomic E-state index is 13.1. The lowest BCUT2D eigenvalue weighted by atomic mass is 10.1. The molecular formula is C18H26FNO3. The predicted molar refractivity (Wildman–Crippen MR) is 86.8 cm³/mol. The Kier molecular flexibility index (Phi) is 4.99. The number of nitrogens with zero attached hydrogens (tertiary/aromatic N) is 1. The average Bonchev–Trinajstić information content (AvgIpc) is 2.79. The van der Waals surface area contributed by atoms with Gasteiger partial charge in [0.15, 0.2) is 0 Å². The zero-order valence-corrected chi connectivity index (χ0v) is 14.6. The molecule has 0 N–H and O–H groups in total. The predicted octanol–water partition coefficient (Wildman–Crippen LogP) is 4.05. The fourth-order valence-corrected chi connectivity index (χ4v) is 2.61. The van der Waals surface area contributed by atoms with E-state index in [2.05, 4.69) is 0 Å². The molecule has 0 saturated carbocycles. The number of hydrogen-bond acceptors (Lipinski definition) is 3. The number of rotatable bonds is 3. The van der Waals surface area contributed by atoms with E-state index in [4.69, 9.17) is 9.47 Å². The van der Waals surface area contributed by atoms with E-state index in [-0.39, 0.29) is 11.9 Å². The first-order chi connectivity index (χ1) is 10.6. The van der Waals surface area contributed by atoms with Crippen molar-refractivity contribution < 1.29 is 18.7 Å². The minimum atomic E-state index is -0.498. The molecular weight excluding hydrogens is 297 g/mol. The summed E-state index contributed by atoms with van der Waals surface area (Å²) in [5.41, 5.74) is 0.929. The van der Waals surface area contributed by atoms with Gasteiger partial charge in [0, 0.05) is 6.54 Å². The zero-order chi connectivity index (χ0) is 17.3. The largest absolute Gasteiger partial charge is 0.444 e. The van der Waals surface area contributed by atoms with E-state index in [9.17, 15) is 9.18 Å². The summed E-state index contributed by atoms with van der Waals surface area (Å²) < 4.78 is 24.6. The average molecular weight is 323 g/mol. The zero-order valence-electron chi connectivity index (χ0n) is 14.6. The fourth-order valence-electron chi connectivity index (χ4n) is 2.61. The van der Waals surface area contributed by atoms with Gasteiger partial charge in [-0.05, 0) is 64.3 Å². The third kappa shape index (κ3) is 4.93. The lowest BCUT2D eigenvalue weighted by molar-refractivity contribution is -0.0376. The van der Waals surface area contributed by atoms with Gasteiger partial charge in [-0.15, -0.1) is 0 Å². The molecule has 1 aromatic carbocycles. The number of likely N-dealkylation sites (tertiary alicyclic amines) is 1. The number of hydrogen-bond donors (Lipinski definition) is 0. The standard InChI is InChI=1S/C18H26FNO3/c1-13-10-15(19)7-6-14(13)11-22-18(5)8-9-20(12-18)16(21)23-17(2,3)4/h6-7,10H,8-9,11-12H2,1-5H3. The van der Waals surface area contributed by atoms with Gasteiger partial charge in [-0.2, -0.15) is 0 Å². The van der Waals surface area contributed by atoms with E-state index < -0.39 is 11.2 Å². The summed E-state index contributed by atoms with van der Waals surface area (Å²) in [6.07, 6.45) is 0.453. The van der Waals surface area contributed by atoms with E-state index in [1.807, 2.05) is 34.6 Å². The van der Waals surface area contributed by atoms with Gasteiger partial charge < -0.3 is 14.4 Å². The molecule has 128 valence electrons.